The summed E-state index contributed by atoms with van der Waals surface area (Å²) in [6.07, 6.45) is 1.58. The fraction of sp³-hybridized carbons (Fsp3) is 0. The lowest BCUT2D eigenvalue weighted by Gasteiger charge is -1.96. The Hall–Kier alpha value is -3.19. The van der Waals surface area contributed by atoms with Gasteiger partial charge in [0.15, 0.2) is 0 Å². The van der Waals surface area contributed by atoms with Crippen LogP contribution in [0.4, 0.5) is 5.69 Å². The molecule has 1 heterocycles. The van der Waals surface area contributed by atoms with Crippen molar-refractivity contribution in [2.45, 2.75) is 0 Å². The van der Waals surface area contributed by atoms with Crippen LogP contribution in [-0.2, 0) is 0 Å². The van der Waals surface area contributed by atoms with Crippen LogP contribution in [0.15, 0.2) is 52.9 Å². The van der Waals surface area contributed by atoms with E-state index in [-0.39, 0.29) is 28.3 Å². The predicted molar refractivity (Wildman–Crippen MR) is 88.2 cm³/mol. The number of benzene rings is 2. The van der Waals surface area contributed by atoms with E-state index in [2.05, 4.69) is 10.2 Å². The molecule has 7 nitrogen and oxygen atoms in total. The zero-order chi connectivity index (χ0) is 17.1. The molecule has 0 atom stereocenters. The van der Waals surface area contributed by atoms with Gasteiger partial charge in [0.1, 0.15) is 10.8 Å². The van der Waals surface area contributed by atoms with Gasteiger partial charge in [0, 0.05) is 17.7 Å². The van der Waals surface area contributed by atoms with Crippen LogP contribution < -0.4 is 0 Å². The Morgan fingerprint density at radius 1 is 1.21 bits per heavy atom. The van der Waals surface area contributed by atoms with Gasteiger partial charge in [-0.15, -0.1) is 10.2 Å². The molecule has 0 aliphatic heterocycles. The Bertz CT molecular complexity index is 919. The molecule has 0 aliphatic carbocycles. The monoisotopic (exact) mass is 343 g/mol. The third kappa shape index (κ3) is 3.41. The summed E-state index contributed by atoms with van der Waals surface area (Å²) in [7, 11) is 0. The van der Waals surface area contributed by atoms with E-state index in [1.54, 1.807) is 24.3 Å². The molecule has 0 amide bonds. The van der Waals surface area contributed by atoms with E-state index in [9.17, 15) is 15.2 Å². The highest BCUT2D eigenvalue weighted by molar-refractivity contribution is 6.50. The summed E-state index contributed by atoms with van der Waals surface area (Å²) in [5.74, 6) is 0.418. The number of nitrogens with zero attached hydrogens (tertiary/aromatic N) is 3. The molecule has 0 unspecified atom stereocenters. The van der Waals surface area contributed by atoms with Crippen LogP contribution in [0.2, 0.25) is 0 Å². The quantitative estimate of drug-likeness (QED) is 0.565. The molecule has 0 bridgehead atoms. The Morgan fingerprint density at radius 2 is 1.96 bits per heavy atom. The summed E-state index contributed by atoms with van der Waals surface area (Å²) in [6, 6.07) is 12.3. The number of halogens is 1. The van der Waals surface area contributed by atoms with E-state index in [1.165, 1.54) is 30.3 Å². The highest BCUT2D eigenvalue weighted by atomic mass is 35.5. The van der Waals surface area contributed by atoms with Gasteiger partial charge in [0.25, 0.3) is 11.6 Å². The molecular weight excluding hydrogens is 334 g/mol. The van der Waals surface area contributed by atoms with Crippen LogP contribution in [0.3, 0.4) is 0 Å². The molecule has 120 valence electrons. The zero-order valence-electron chi connectivity index (χ0n) is 12.1. The molecule has 8 heteroatoms. The van der Waals surface area contributed by atoms with Gasteiger partial charge < -0.3 is 9.52 Å². The van der Waals surface area contributed by atoms with Gasteiger partial charge in [-0.1, -0.05) is 23.7 Å². The number of phenols is 1. The first-order valence-corrected chi connectivity index (χ1v) is 7.15. The van der Waals surface area contributed by atoms with Gasteiger partial charge in [0.05, 0.1) is 4.92 Å². The number of hydrogen-bond acceptors (Lipinski definition) is 6. The van der Waals surface area contributed by atoms with Gasteiger partial charge in [-0.3, -0.25) is 10.1 Å². The molecule has 0 saturated carbocycles. The van der Waals surface area contributed by atoms with Crippen molar-refractivity contribution in [3.63, 3.8) is 0 Å². The number of phenolic OH excluding ortho intramolecular Hbond substituents is 1. The molecular formula is C16H10ClN3O4. The van der Waals surface area contributed by atoms with Crippen LogP contribution in [0, 0.1) is 10.1 Å². The molecule has 1 aromatic heterocycles. The van der Waals surface area contributed by atoms with Gasteiger partial charge in [0.2, 0.25) is 5.89 Å². The van der Waals surface area contributed by atoms with Crippen LogP contribution >= 0.6 is 11.6 Å². The average Bonchev–Trinajstić information content (AvgIpc) is 3.05. The smallest absolute Gasteiger partial charge is 0.269 e. The number of nitro groups is 1. The summed E-state index contributed by atoms with van der Waals surface area (Å²) < 4.78 is 5.48. The SMILES string of the molecule is O=[N+]([O-])c1ccc(-c2nnc(/C(Cl)=C/c3cccc(O)c3)o2)cc1. The Labute approximate surface area is 141 Å². The lowest BCUT2D eigenvalue weighted by Crippen LogP contribution is -1.87. The number of nitro benzene ring substituents is 1. The van der Waals surface area contributed by atoms with E-state index >= 15 is 0 Å². The minimum absolute atomic E-state index is 0.0275. The molecule has 0 aliphatic rings. The summed E-state index contributed by atoms with van der Waals surface area (Å²) in [5.41, 5.74) is 1.19. The van der Waals surface area contributed by atoms with Crippen LogP contribution in [0.25, 0.3) is 22.6 Å². The first-order chi connectivity index (χ1) is 11.5. The maximum atomic E-state index is 10.7. The summed E-state index contributed by atoms with van der Waals surface area (Å²) in [6.45, 7) is 0. The first kappa shape index (κ1) is 15.7. The van der Waals surface area contributed by atoms with Crippen molar-refractivity contribution >= 4 is 28.4 Å². The van der Waals surface area contributed by atoms with E-state index in [1.807, 2.05) is 0 Å². The summed E-state index contributed by atoms with van der Waals surface area (Å²) in [5, 5.41) is 28.0. The second-order valence-corrected chi connectivity index (χ2v) is 5.21. The van der Waals surface area contributed by atoms with Gasteiger partial charge in [-0.25, -0.2) is 0 Å². The third-order valence-electron chi connectivity index (χ3n) is 3.12. The number of aromatic hydroxyl groups is 1. The topological polar surface area (TPSA) is 102 Å². The second-order valence-electron chi connectivity index (χ2n) is 4.80. The van der Waals surface area contributed by atoms with Crippen molar-refractivity contribution in [2.24, 2.45) is 0 Å². The number of aromatic nitrogens is 2. The van der Waals surface area contributed by atoms with Gasteiger partial charge in [-0.2, -0.15) is 0 Å². The molecule has 3 aromatic rings. The van der Waals surface area contributed by atoms with Crippen LogP contribution in [0.1, 0.15) is 11.5 Å². The van der Waals surface area contributed by atoms with Crippen molar-refractivity contribution in [1.82, 2.24) is 10.2 Å². The molecule has 0 saturated heterocycles. The van der Waals surface area contributed by atoms with Crippen molar-refractivity contribution < 1.29 is 14.4 Å². The third-order valence-corrected chi connectivity index (χ3v) is 3.39. The predicted octanol–water partition coefficient (Wildman–Crippen LogP) is 4.09. The number of non-ortho nitro benzene ring substituents is 1. The minimum Gasteiger partial charge on any atom is -0.508 e. The maximum Gasteiger partial charge on any atom is 0.269 e. The molecule has 0 spiro atoms. The van der Waals surface area contributed by atoms with Crippen molar-refractivity contribution in [2.75, 3.05) is 0 Å². The molecule has 0 fully saturated rings. The molecule has 3 rings (SSSR count). The molecule has 1 N–H and O–H groups in total. The van der Waals surface area contributed by atoms with Crippen molar-refractivity contribution in [3.05, 3.63) is 70.1 Å². The van der Waals surface area contributed by atoms with E-state index < -0.39 is 4.92 Å². The van der Waals surface area contributed by atoms with E-state index in [0.29, 0.717) is 11.1 Å². The zero-order valence-corrected chi connectivity index (χ0v) is 12.8. The van der Waals surface area contributed by atoms with E-state index in [0.717, 1.165) is 0 Å². The highest BCUT2D eigenvalue weighted by Crippen LogP contribution is 2.26. The van der Waals surface area contributed by atoms with Crippen LogP contribution in [0.5, 0.6) is 5.75 Å². The maximum absolute atomic E-state index is 10.7. The fourth-order valence-electron chi connectivity index (χ4n) is 1.98. The number of hydrogen-bond donors (Lipinski definition) is 1. The average molecular weight is 344 g/mol. The van der Waals surface area contributed by atoms with Crippen LogP contribution in [-0.4, -0.2) is 20.2 Å². The van der Waals surface area contributed by atoms with E-state index in [4.69, 9.17) is 16.0 Å². The summed E-state index contributed by atoms with van der Waals surface area (Å²) >= 11 is 6.15. The molecule has 0 radical (unpaired) electrons. The largest absolute Gasteiger partial charge is 0.508 e. The highest BCUT2D eigenvalue weighted by Gasteiger charge is 2.13. The summed E-state index contributed by atoms with van der Waals surface area (Å²) in [4.78, 5) is 10.2. The van der Waals surface area contributed by atoms with Crippen molar-refractivity contribution in [1.29, 1.82) is 0 Å². The molecule has 24 heavy (non-hydrogen) atoms. The lowest BCUT2D eigenvalue weighted by molar-refractivity contribution is -0.384. The minimum atomic E-state index is -0.488. The second kappa shape index (κ2) is 6.51. The Morgan fingerprint density at radius 3 is 2.62 bits per heavy atom. The standard InChI is InChI=1S/C16H10ClN3O4/c17-14(9-10-2-1-3-13(21)8-10)16-19-18-15(24-16)11-4-6-12(7-5-11)20(22)23/h1-9,21H/b14-9-. The first-order valence-electron chi connectivity index (χ1n) is 6.78. The lowest BCUT2D eigenvalue weighted by atomic mass is 10.2. The van der Waals surface area contributed by atoms with Crippen molar-refractivity contribution in [3.8, 4) is 17.2 Å². The van der Waals surface area contributed by atoms with Gasteiger partial charge >= 0.3 is 0 Å². The number of rotatable bonds is 4. The molecule has 2 aromatic carbocycles. The van der Waals surface area contributed by atoms with Gasteiger partial charge in [-0.05, 0) is 35.9 Å². The fourth-order valence-corrected chi connectivity index (χ4v) is 2.19. The normalized spacial score (nSPS) is 11.5. The Kier molecular flexibility index (Phi) is 4.26. The Balaban J connectivity index is 1.86.